The molecule has 0 atom stereocenters. The second-order valence-corrected chi connectivity index (χ2v) is 5.43. The molecule has 0 fully saturated rings. The van der Waals surface area contributed by atoms with Crippen LogP contribution in [0, 0.1) is 0 Å². The molecule has 0 radical (unpaired) electrons. The molecule has 0 N–H and O–H groups in total. The normalized spacial score (nSPS) is 10.5. The molecular weight excluding hydrogens is 327 g/mol. The van der Waals surface area contributed by atoms with Gasteiger partial charge in [0.15, 0.2) is 10.9 Å². The Kier molecular flexibility index (Phi) is 4.68. The molecule has 1 aromatic heterocycles. The second kappa shape index (κ2) is 6.09. The third-order valence-corrected chi connectivity index (χ3v) is 3.63. The van der Waals surface area contributed by atoms with Crippen LogP contribution in [-0.4, -0.2) is 22.0 Å². The lowest BCUT2D eigenvalue weighted by atomic mass is 10.1. The monoisotopic (exact) mass is 332 g/mol. The van der Waals surface area contributed by atoms with Gasteiger partial charge >= 0.3 is 0 Å². The van der Waals surface area contributed by atoms with E-state index < -0.39 is 0 Å². The van der Waals surface area contributed by atoms with E-state index in [1.54, 1.807) is 30.5 Å². The fourth-order valence-corrected chi connectivity index (χ4v) is 2.66. The van der Waals surface area contributed by atoms with Crippen LogP contribution in [0.1, 0.15) is 15.9 Å². The molecule has 0 bridgehead atoms. The van der Waals surface area contributed by atoms with Gasteiger partial charge in [-0.05, 0) is 18.4 Å². The quantitative estimate of drug-likeness (QED) is 0.361. The Morgan fingerprint density at radius 1 is 1.16 bits per heavy atom. The van der Waals surface area contributed by atoms with Crippen molar-refractivity contribution in [3.05, 3.63) is 50.7 Å². The van der Waals surface area contributed by atoms with E-state index in [9.17, 15) is 4.79 Å². The Labute approximate surface area is 129 Å². The highest BCUT2D eigenvalue weighted by Gasteiger charge is 2.20. The molecule has 1 aromatic carbocycles. The minimum absolute atomic E-state index is 0.0364. The Hall–Kier alpha value is -0.810. The largest absolute Gasteiger partial charge is 0.288 e. The van der Waals surface area contributed by atoms with Crippen molar-refractivity contribution in [1.82, 2.24) is 9.97 Å². The summed E-state index contributed by atoms with van der Waals surface area (Å²) < 4.78 is 0. The van der Waals surface area contributed by atoms with E-state index in [0.29, 0.717) is 15.7 Å². The summed E-state index contributed by atoms with van der Waals surface area (Å²) in [6.07, 6.45) is 1.79. The average molecular weight is 334 g/mol. The molecule has 0 aliphatic rings. The van der Waals surface area contributed by atoms with Crippen LogP contribution >= 0.6 is 46.6 Å². The van der Waals surface area contributed by atoms with Crippen molar-refractivity contribution >= 4 is 52.3 Å². The molecule has 19 heavy (non-hydrogen) atoms. The molecule has 0 saturated heterocycles. The van der Waals surface area contributed by atoms with Crippen LogP contribution in [-0.2, 0) is 0 Å². The Balaban J connectivity index is 2.50. The number of aromatic nitrogens is 2. The SMILES string of the molecule is CSc1nc(Cl)c(C(=O)c2cccc(Cl)c2)c(Cl)n1. The zero-order valence-electron chi connectivity index (χ0n) is 9.65. The van der Waals surface area contributed by atoms with E-state index >= 15 is 0 Å². The molecule has 3 nitrogen and oxygen atoms in total. The third-order valence-electron chi connectivity index (χ3n) is 2.30. The van der Waals surface area contributed by atoms with E-state index in [2.05, 4.69) is 9.97 Å². The lowest BCUT2D eigenvalue weighted by molar-refractivity contribution is 0.103. The van der Waals surface area contributed by atoms with Crippen LogP contribution in [0.15, 0.2) is 29.4 Å². The van der Waals surface area contributed by atoms with Gasteiger partial charge in [0, 0.05) is 10.6 Å². The van der Waals surface area contributed by atoms with Gasteiger partial charge in [0.1, 0.15) is 10.3 Å². The summed E-state index contributed by atoms with van der Waals surface area (Å²) in [4.78, 5) is 20.3. The minimum atomic E-state index is -0.356. The predicted octanol–water partition coefficient (Wildman–Crippen LogP) is 4.39. The number of halogens is 3. The molecule has 2 rings (SSSR count). The first kappa shape index (κ1) is 14.6. The number of carbonyl (C=O) groups is 1. The first-order valence-electron chi connectivity index (χ1n) is 5.10. The van der Waals surface area contributed by atoms with Gasteiger partial charge < -0.3 is 0 Å². The number of ketones is 1. The van der Waals surface area contributed by atoms with Crippen molar-refractivity contribution in [3.63, 3.8) is 0 Å². The molecule has 2 aromatic rings. The maximum Gasteiger partial charge on any atom is 0.199 e. The zero-order valence-corrected chi connectivity index (χ0v) is 12.7. The highest BCUT2D eigenvalue weighted by atomic mass is 35.5. The van der Waals surface area contributed by atoms with Gasteiger partial charge in [0.05, 0.1) is 5.56 Å². The summed E-state index contributed by atoms with van der Waals surface area (Å²) in [7, 11) is 0. The highest BCUT2D eigenvalue weighted by Crippen LogP contribution is 2.27. The van der Waals surface area contributed by atoms with Crippen molar-refractivity contribution in [2.75, 3.05) is 6.26 Å². The van der Waals surface area contributed by atoms with E-state index in [4.69, 9.17) is 34.8 Å². The molecule has 0 unspecified atom stereocenters. The maximum atomic E-state index is 12.3. The number of rotatable bonds is 3. The fraction of sp³-hybridized carbons (Fsp3) is 0.0833. The number of nitrogens with zero attached hydrogens (tertiary/aromatic N) is 2. The molecule has 0 aliphatic heterocycles. The molecule has 7 heteroatoms. The molecule has 0 saturated carbocycles. The van der Waals surface area contributed by atoms with Crippen LogP contribution in [0.4, 0.5) is 0 Å². The standard InChI is InChI=1S/C12H7Cl3N2OS/c1-19-12-16-10(14)8(11(15)17-12)9(18)6-3-2-4-7(13)5-6/h2-5H,1H3. The summed E-state index contributed by atoms with van der Waals surface area (Å²) in [6, 6.07) is 6.52. The van der Waals surface area contributed by atoms with Crippen molar-refractivity contribution < 1.29 is 4.79 Å². The molecule has 98 valence electrons. The number of thioether (sulfide) groups is 1. The molecule has 1 heterocycles. The van der Waals surface area contributed by atoms with Gasteiger partial charge in [0.2, 0.25) is 0 Å². The Bertz CT molecular complexity index is 626. The Morgan fingerprint density at radius 3 is 2.32 bits per heavy atom. The van der Waals surface area contributed by atoms with E-state index in [-0.39, 0.29) is 21.7 Å². The van der Waals surface area contributed by atoms with Crippen molar-refractivity contribution in [1.29, 1.82) is 0 Å². The van der Waals surface area contributed by atoms with Crippen LogP contribution < -0.4 is 0 Å². The summed E-state index contributed by atoms with van der Waals surface area (Å²) in [5.41, 5.74) is 0.472. The van der Waals surface area contributed by atoms with Gasteiger partial charge in [-0.2, -0.15) is 0 Å². The van der Waals surface area contributed by atoms with E-state index in [1.807, 2.05) is 0 Å². The van der Waals surface area contributed by atoms with E-state index in [1.165, 1.54) is 11.8 Å². The minimum Gasteiger partial charge on any atom is -0.288 e. The first-order valence-corrected chi connectivity index (χ1v) is 7.46. The molecule has 0 aliphatic carbocycles. The lowest BCUT2D eigenvalue weighted by Crippen LogP contribution is -2.06. The Morgan fingerprint density at radius 2 is 1.79 bits per heavy atom. The van der Waals surface area contributed by atoms with E-state index in [0.717, 1.165) is 0 Å². The van der Waals surface area contributed by atoms with Gasteiger partial charge in [-0.15, -0.1) is 0 Å². The lowest BCUT2D eigenvalue weighted by Gasteiger charge is -2.06. The second-order valence-electron chi connectivity index (χ2n) is 3.51. The number of benzene rings is 1. The predicted molar refractivity (Wildman–Crippen MR) is 78.7 cm³/mol. The van der Waals surface area contributed by atoms with Crippen LogP contribution in [0.2, 0.25) is 15.3 Å². The summed E-state index contributed by atoms with van der Waals surface area (Å²) in [5, 5.41) is 0.945. The summed E-state index contributed by atoms with van der Waals surface area (Å²) >= 11 is 19.1. The van der Waals surface area contributed by atoms with Crippen LogP contribution in [0.5, 0.6) is 0 Å². The maximum absolute atomic E-state index is 12.3. The first-order chi connectivity index (χ1) is 9.02. The van der Waals surface area contributed by atoms with Crippen LogP contribution in [0.25, 0.3) is 0 Å². The van der Waals surface area contributed by atoms with Gasteiger partial charge in [-0.25, -0.2) is 9.97 Å². The van der Waals surface area contributed by atoms with Crippen LogP contribution in [0.3, 0.4) is 0 Å². The summed E-state index contributed by atoms with van der Waals surface area (Å²) in [5.74, 6) is -0.356. The molecular formula is C12H7Cl3N2OS. The number of hydrogen-bond acceptors (Lipinski definition) is 4. The fourth-order valence-electron chi connectivity index (χ4n) is 1.44. The average Bonchev–Trinajstić information content (AvgIpc) is 2.37. The van der Waals surface area contributed by atoms with Gasteiger partial charge in [0.25, 0.3) is 0 Å². The molecule has 0 amide bonds. The third kappa shape index (κ3) is 3.20. The summed E-state index contributed by atoms with van der Waals surface area (Å²) in [6.45, 7) is 0. The topological polar surface area (TPSA) is 42.9 Å². The zero-order chi connectivity index (χ0) is 14.0. The molecule has 0 spiro atoms. The van der Waals surface area contributed by atoms with Crippen molar-refractivity contribution in [3.8, 4) is 0 Å². The van der Waals surface area contributed by atoms with Gasteiger partial charge in [-0.3, -0.25) is 4.79 Å². The van der Waals surface area contributed by atoms with Crippen molar-refractivity contribution in [2.45, 2.75) is 5.16 Å². The smallest absolute Gasteiger partial charge is 0.199 e. The van der Waals surface area contributed by atoms with Crippen molar-refractivity contribution in [2.24, 2.45) is 0 Å². The number of hydrogen-bond donors (Lipinski definition) is 0. The van der Waals surface area contributed by atoms with Gasteiger partial charge in [-0.1, -0.05) is 58.7 Å². The number of carbonyl (C=O) groups excluding carboxylic acids is 1. The highest BCUT2D eigenvalue weighted by molar-refractivity contribution is 7.98.